The van der Waals surface area contributed by atoms with E-state index in [1.165, 1.54) is 31.5 Å². The number of benzene rings is 1. The maximum absolute atomic E-state index is 12.0. The molecule has 0 saturated carbocycles. The lowest BCUT2D eigenvalue weighted by molar-refractivity contribution is -0.119. The summed E-state index contributed by atoms with van der Waals surface area (Å²) in [7, 11) is -3.66. The molecule has 2 aromatic rings. The third-order valence-electron chi connectivity index (χ3n) is 2.50. The highest BCUT2D eigenvalue weighted by molar-refractivity contribution is 7.92. The first-order valence-electron chi connectivity index (χ1n) is 5.83. The van der Waals surface area contributed by atoms with Crippen molar-refractivity contribution >= 4 is 21.9 Å². The maximum atomic E-state index is 12.0. The maximum Gasteiger partial charge on any atom is 0.264 e. The van der Waals surface area contributed by atoms with Crippen LogP contribution in [0, 0.1) is 0 Å². The molecule has 0 atom stereocenters. The Bertz CT molecular complexity index is 678. The summed E-state index contributed by atoms with van der Waals surface area (Å²) < 4.78 is 26.4. The monoisotopic (exact) mass is 294 g/mol. The summed E-state index contributed by atoms with van der Waals surface area (Å²) in [5.41, 5.74) is 0.817. The van der Waals surface area contributed by atoms with Gasteiger partial charge in [-0.15, -0.1) is 0 Å². The molecule has 20 heavy (non-hydrogen) atoms. The Labute approximate surface area is 116 Å². The van der Waals surface area contributed by atoms with Crippen LogP contribution < -0.4 is 10.0 Å². The summed E-state index contributed by atoms with van der Waals surface area (Å²) in [5, 5.41) is 2.64. The Hall–Kier alpha value is -2.35. The highest BCUT2D eigenvalue weighted by atomic mass is 32.2. The molecule has 0 aliphatic heterocycles. The molecule has 0 aliphatic carbocycles. The van der Waals surface area contributed by atoms with Crippen LogP contribution in [-0.4, -0.2) is 24.3 Å². The van der Waals surface area contributed by atoms with Gasteiger partial charge < -0.3 is 10.3 Å². The van der Waals surface area contributed by atoms with E-state index in [-0.39, 0.29) is 16.8 Å². The number of hydrogen-bond acceptors (Lipinski definition) is 4. The average molecular weight is 294 g/mol. The predicted molar refractivity (Wildman–Crippen MR) is 73.4 cm³/mol. The number of hydrogen-bond donors (Lipinski definition) is 3. The SMILES string of the molecule is CC(=O)NCc1ccc(S(=O)(=O)Nc2ncc[nH]2)cc1. The lowest BCUT2D eigenvalue weighted by Gasteiger charge is -2.07. The summed E-state index contributed by atoms with van der Waals surface area (Å²) in [4.78, 5) is 17.4. The quantitative estimate of drug-likeness (QED) is 0.760. The number of imidazole rings is 1. The zero-order valence-corrected chi connectivity index (χ0v) is 11.6. The minimum absolute atomic E-state index is 0.125. The minimum Gasteiger partial charge on any atom is -0.352 e. The largest absolute Gasteiger partial charge is 0.352 e. The third-order valence-corrected chi connectivity index (χ3v) is 3.86. The van der Waals surface area contributed by atoms with Crippen LogP contribution in [-0.2, 0) is 21.4 Å². The Morgan fingerprint density at radius 2 is 2.00 bits per heavy atom. The van der Waals surface area contributed by atoms with Crippen molar-refractivity contribution in [3.05, 3.63) is 42.2 Å². The van der Waals surface area contributed by atoms with E-state index in [1.54, 1.807) is 12.1 Å². The third kappa shape index (κ3) is 3.58. The molecule has 0 saturated heterocycles. The average Bonchev–Trinajstić information content (AvgIpc) is 2.89. The summed E-state index contributed by atoms with van der Waals surface area (Å²) in [6.45, 7) is 1.79. The number of nitrogens with zero attached hydrogens (tertiary/aromatic N) is 1. The number of carbonyl (C=O) groups excluding carboxylic acids is 1. The Kier molecular flexibility index (Phi) is 4.04. The van der Waals surface area contributed by atoms with Gasteiger partial charge in [0.25, 0.3) is 10.0 Å². The molecular weight excluding hydrogens is 280 g/mol. The number of anilines is 1. The standard InChI is InChI=1S/C12H14N4O3S/c1-9(17)15-8-10-2-4-11(5-3-10)20(18,19)16-12-13-6-7-14-12/h2-7H,8H2,1H3,(H,15,17)(H2,13,14,16). The zero-order chi connectivity index (χ0) is 14.6. The van der Waals surface area contributed by atoms with Crippen molar-refractivity contribution in [3.63, 3.8) is 0 Å². The van der Waals surface area contributed by atoms with E-state index < -0.39 is 10.0 Å². The van der Waals surface area contributed by atoms with Crippen molar-refractivity contribution in [1.29, 1.82) is 0 Å². The van der Waals surface area contributed by atoms with Crippen LogP contribution in [0.2, 0.25) is 0 Å². The molecule has 1 heterocycles. The second-order valence-corrected chi connectivity index (χ2v) is 5.78. The number of sulfonamides is 1. The number of amides is 1. The fraction of sp³-hybridized carbons (Fsp3) is 0.167. The minimum atomic E-state index is -3.66. The molecule has 0 unspecified atom stereocenters. The van der Waals surface area contributed by atoms with Crippen molar-refractivity contribution in [2.75, 3.05) is 4.72 Å². The van der Waals surface area contributed by atoms with Crippen LogP contribution in [0.5, 0.6) is 0 Å². The molecule has 0 fully saturated rings. The van der Waals surface area contributed by atoms with E-state index in [4.69, 9.17) is 0 Å². The van der Waals surface area contributed by atoms with Gasteiger partial charge in [-0.2, -0.15) is 0 Å². The normalized spacial score (nSPS) is 11.1. The molecule has 106 valence electrons. The van der Waals surface area contributed by atoms with Crippen molar-refractivity contribution < 1.29 is 13.2 Å². The second kappa shape index (κ2) is 5.74. The van der Waals surface area contributed by atoms with Gasteiger partial charge in [0.15, 0.2) is 0 Å². The van der Waals surface area contributed by atoms with Gasteiger partial charge >= 0.3 is 0 Å². The van der Waals surface area contributed by atoms with E-state index in [0.29, 0.717) is 6.54 Å². The van der Waals surface area contributed by atoms with Gasteiger partial charge in [0.1, 0.15) is 0 Å². The fourth-order valence-electron chi connectivity index (χ4n) is 1.52. The highest BCUT2D eigenvalue weighted by Gasteiger charge is 2.14. The van der Waals surface area contributed by atoms with E-state index in [2.05, 4.69) is 20.0 Å². The molecule has 7 nitrogen and oxygen atoms in total. The number of H-pyrrole nitrogens is 1. The number of nitrogens with one attached hydrogen (secondary N) is 3. The van der Waals surface area contributed by atoms with Gasteiger partial charge in [0.2, 0.25) is 11.9 Å². The molecule has 1 aromatic heterocycles. The van der Waals surface area contributed by atoms with Gasteiger partial charge in [-0.05, 0) is 17.7 Å². The predicted octanol–water partition coefficient (Wildman–Crippen LogP) is 0.847. The molecule has 2 rings (SSSR count). The topological polar surface area (TPSA) is 104 Å². The van der Waals surface area contributed by atoms with Crippen LogP contribution in [0.25, 0.3) is 0 Å². The smallest absolute Gasteiger partial charge is 0.264 e. The Balaban J connectivity index is 2.10. The fourth-order valence-corrected chi connectivity index (χ4v) is 2.50. The van der Waals surface area contributed by atoms with Crippen LogP contribution in [0.1, 0.15) is 12.5 Å². The molecule has 1 amide bonds. The van der Waals surface area contributed by atoms with Crippen LogP contribution in [0.4, 0.5) is 5.95 Å². The van der Waals surface area contributed by atoms with Crippen LogP contribution >= 0.6 is 0 Å². The summed E-state index contributed by atoms with van der Waals surface area (Å²) in [5.74, 6) is 0.0218. The van der Waals surface area contributed by atoms with Crippen LogP contribution in [0.15, 0.2) is 41.6 Å². The van der Waals surface area contributed by atoms with Gasteiger partial charge in [0.05, 0.1) is 4.90 Å². The van der Waals surface area contributed by atoms with Gasteiger partial charge in [-0.1, -0.05) is 12.1 Å². The van der Waals surface area contributed by atoms with E-state index >= 15 is 0 Å². The van der Waals surface area contributed by atoms with Gasteiger partial charge in [0, 0.05) is 25.9 Å². The number of rotatable bonds is 5. The first kappa shape index (κ1) is 14.1. The summed E-state index contributed by atoms with van der Waals surface area (Å²) in [6, 6.07) is 6.24. The van der Waals surface area contributed by atoms with Crippen LogP contribution in [0.3, 0.4) is 0 Å². The number of carbonyl (C=O) groups is 1. The van der Waals surface area contributed by atoms with Crippen molar-refractivity contribution in [2.24, 2.45) is 0 Å². The zero-order valence-electron chi connectivity index (χ0n) is 10.8. The lowest BCUT2D eigenvalue weighted by Crippen LogP contribution is -2.19. The van der Waals surface area contributed by atoms with E-state index in [0.717, 1.165) is 5.56 Å². The first-order valence-corrected chi connectivity index (χ1v) is 7.31. The number of aromatic amines is 1. The Morgan fingerprint density at radius 1 is 1.30 bits per heavy atom. The molecule has 8 heteroatoms. The van der Waals surface area contributed by atoms with Gasteiger partial charge in [-0.3, -0.25) is 4.79 Å². The summed E-state index contributed by atoms with van der Waals surface area (Å²) in [6.07, 6.45) is 2.97. The number of aromatic nitrogens is 2. The molecule has 0 radical (unpaired) electrons. The van der Waals surface area contributed by atoms with Crippen molar-refractivity contribution in [2.45, 2.75) is 18.4 Å². The summed E-state index contributed by atoms with van der Waals surface area (Å²) >= 11 is 0. The lowest BCUT2D eigenvalue weighted by atomic mass is 10.2. The molecule has 0 aliphatic rings. The molecule has 1 aromatic carbocycles. The molecular formula is C12H14N4O3S. The second-order valence-electron chi connectivity index (χ2n) is 4.10. The Morgan fingerprint density at radius 3 is 2.55 bits per heavy atom. The molecule has 3 N–H and O–H groups in total. The van der Waals surface area contributed by atoms with Crippen molar-refractivity contribution in [1.82, 2.24) is 15.3 Å². The highest BCUT2D eigenvalue weighted by Crippen LogP contribution is 2.13. The van der Waals surface area contributed by atoms with E-state index in [1.807, 2.05) is 0 Å². The molecule has 0 bridgehead atoms. The van der Waals surface area contributed by atoms with Crippen molar-refractivity contribution in [3.8, 4) is 0 Å². The van der Waals surface area contributed by atoms with Gasteiger partial charge in [-0.25, -0.2) is 18.1 Å². The first-order chi connectivity index (χ1) is 9.47. The van der Waals surface area contributed by atoms with E-state index in [9.17, 15) is 13.2 Å². The molecule has 0 spiro atoms.